The molecule has 1 atom stereocenters. The number of carbonyl (C=O) groups excluding carboxylic acids is 2. The molecule has 6 nitrogen and oxygen atoms in total. The Hall–Kier alpha value is -2.73. The van der Waals surface area contributed by atoms with Gasteiger partial charge in [0.2, 0.25) is 0 Å². The standard InChI is InChI=1S/C23H26ClNO5/c1-15(2)13-30-23(27)25-11-10-16-12-18(8-9-19(16)21(25)22(26)28-3)29-14-17-6-4-5-7-20(17)24/h4-9,12,15,21H,10-11,13-14H2,1-3H3. The summed E-state index contributed by atoms with van der Waals surface area (Å²) >= 11 is 6.19. The molecule has 0 bridgehead atoms. The normalized spacial score (nSPS) is 15.5. The summed E-state index contributed by atoms with van der Waals surface area (Å²) in [6, 6.07) is 12.2. The van der Waals surface area contributed by atoms with Gasteiger partial charge in [-0.15, -0.1) is 0 Å². The SMILES string of the molecule is COC(=O)C1c2ccc(OCc3ccccc3Cl)cc2CCN1C(=O)OCC(C)C. The summed E-state index contributed by atoms with van der Waals surface area (Å²) in [5, 5.41) is 0.650. The monoisotopic (exact) mass is 431 g/mol. The van der Waals surface area contributed by atoms with E-state index in [-0.39, 0.29) is 5.92 Å². The number of fused-ring (bicyclic) bond motifs is 1. The first-order valence-corrected chi connectivity index (χ1v) is 10.3. The Labute approximate surface area is 181 Å². The fraction of sp³-hybridized carbons (Fsp3) is 0.391. The van der Waals surface area contributed by atoms with Crippen molar-refractivity contribution in [3.05, 3.63) is 64.2 Å². The molecule has 1 amide bonds. The predicted molar refractivity (Wildman–Crippen MR) is 114 cm³/mol. The van der Waals surface area contributed by atoms with E-state index < -0.39 is 18.1 Å². The highest BCUT2D eigenvalue weighted by Gasteiger charge is 2.37. The molecule has 0 saturated heterocycles. The first-order valence-electron chi connectivity index (χ1n) is 9.91. The van der Waals surface area contributed by atoms with Gasteiger partial charge in [0.15, 0.2) is 6.04 Å². The predicted octanol–water partition coefficient (Wildman–Crippen LogP) is 4.78. The third-order valence-electron chi connectivity index (χ3n) is 4.89. The van der Waals surface area contributed by atoms with Gasteiger partial charge in [0.05, 0.1) is 13.7 Å². The number of methoxy groups -OCH3 is 1. The molecule has 160 valence electrons. The van der Waals surface area contributed by atoms with E-state index in [1.807, 2.05) is 44.2 Å². The number of amides is 1. The van der Waals surface area contributed by atoms with Crippen LogP contribution < -0.4 is 4.74 Å². The lowest BCUT2D eigenvalue weighted by Crippen LogP contribution is -2.44. The van der Waals surface area contributed by atoms with Crippen molar-refractivity contribution in [1.82, 2.24) is 4.90 Å². The molecule has 0 N–H and O–H groups in total. The van der Waals surface area contributed by atoms with Crippen molar-refractivity contribution in [1.29, 1.82) is 0 Å². The lowest BCUT2D eigenvalue weighted by atomic mass is 9.92. The number of hydrogen-bond donors (Lipinski definition) is 0. The van der Waals surface area contributed by atoms with Gasteiger partial charge in [-0.2, -0.15) is 0 Å². The molecule has 0 aliphatic carbocycles. The summed E-state index contributed by atoms with van der Waals surface area (Å²) in [4.78, 5) is 26.5. The minimum Gasteiger partial charge on any atom is -0.489 e. The van der Waals surface area contributed by atoms with Gasteiger partial charge in [-0.3, -0.25) is 4.90 Å². The van der Waals surface area contributed by atoms with Crippen LogP contribution >= 0.6 is 11.6 Å². The molecule has 3 rings (SSSR count). The van der Waals surface area contributed by atoms with Crippen LogP contribution in [-0.2, 0) is 27.3 Å². The molecule has 0 saturated carbocycles. The summed E-state index contributed by atoms with van der Waals surface area (Å²) in [6.07, 6.45) is 0.0758. The lowest BCUT2D eigenvalue weighted by molar-refractivity contribution is -0.147. The minimum absolute atomic E-state index is 0.209. The van der Waals surface area contributed by atoms with E-state index in [0.717, 1.165) is 16.7 Å². The Bertz CT molecular complexity index is 914. The maximum atomic E-state index is 12.6. The van der Waals surface area contributed by atoms with Crippen molar-refractivity contribution in [2.75, 3.05) is 20.3 Å². The van der Waals surface area contributed by atoms with Crippen molar-refractivity contribution in [2.24, 2.45) is 5.92 Å². The third kappa shape index (κ3) is 5.05. The number of rotatable bonds is 6. The second-order valence-corrected chi connectivity index (χ2v) is 7.99. The van der Waals surface area contributed by atoms with Gasteiger partial charge < -0.3 is 14.2 Å². The van der Waals surface area contributed by atoms with Crippen molar-refractivity contribution in [3.8, 4) is 5.75 Å². The van der Waals surface area contributed by atoms with Crippen molar-refractivity contribution in [3.63, 3.8) is 0 Å². The summed E-state index contributed by atoms with van der Waals surface area (Å²) in [5.41, 5.74) is 2.55. The summed E-state index contributed by atoms with van der Waals surface area (Å²) in [7, 11) is 1.31. The average Bonchev–Trinajstić information content (AvgIpc) is 2.75. The van der Waals surface area contributed by atoms with Gasteiger partial charge in [0.25, 0.3) is 0 Å². The molecule has 2 aromatic rings. The fourth-order valence-corrected chi connectivity index (χ4v) is 3.54. The second-order valence-electron chi connectivity index (χ2n) is 7.58. The Morgan fingerprint density at radius 3 is 2.67 bits per heavy atom. The smallest absolute Gasteiger partial charge is 0.410 e. The van der Waals surface area contributed by atoms with Crippen LogP contribution in [0.25, 0.3) is 0 Å². The Kier molecular flexibility index (Phi) is 7.21. The molecule has 0 radical (unpaired) electrons. The number of esters is 1. The van der Waals surface area contributed by atoms with Crippen molar-refractivity contribution >= 4 is 23.7 Å². The molecule has 1 heterocycles. The van der Waals surface area contributed by atoms with E-state index in [4.69, 9.17) is 25.8 Å². The molecule has 0 fully saturated rings. The summed E-state index contributed by atoms with van der Waals surface area (Å²) in [6.45, 7) is 4.91. The number of nitrogens with zero attached hydrogens (tertiary/aromatic N) is 1. The fourth-order valence-electron chi connectivity index (χ4n) is 3.35. The first kappa shape index (κ1) is 22.0. The van der Waals surface area contributed by atoms with Crippen LogP contribution in [0.2, 0.25) is 5.02 Å². The molecule has 0 spiro atoms. The Morgan fingerprint density at radius 1 is 1.20 bits per heavy atom. The van der Waals surface area contributed by atoms with E-state index >= 15 is 0 Å². The molecule has 30 heavy (non-hydrogen) atoms. The van der Waals surface area contributed by atoms with Crippen LogP contribution in [0.1, 0.15) is 36.6 Å². The highest BCUT2D eigenvalue weighted by Crippen LogP contribution is 2.34. The van der Waals surface area contributed by atoms with Crippen LogP contribution in [0.15, 0.2) is 42.5 Å². The summed E-state index contributed by atoms with van der Waals surface area (Å²) in [5.74, 6) is 0.385. The zero-order valence-electron chi connectivity index (χ0n) is 17.4. The van der Waals surface area contributed by atoms with Gasteiger partial charge in [0, 0.05) is 17.1 Å². The molecular formula is C23H26ClNO5. The Morgan fingerprint density at radius 2 is 1.97 bits per heavy atom. The Balaban J connectivity index is 1.79. The topological polar surface area (TPSA) is 65.1 Å². The highest BCUT2D eigenvalue weighted by molar-refractivity contribution is 6.31. The van der Waals surface area contributed by atoms with E-state index in [1.54, 1.807) is 12.1 Å². The number of hydrogen-bond acceptors (Lipinski definition) is 5. The highest BCUT2D eigenvalue weighted by atomic mass is 35.5. The molecule has 1 aliphatic heterocycles. The molecule has 1 aliphatic rings. The van der Waals surface area contributed by atoms with Gasteiger partial charge in [-0.05, 0) is 41.7 Å². The first-order chi connectivity index (χ1) is 14.4. The van der Waals surface area contributed by atoms with E-state index in [2.05, 4.69) is 0 Å². The quantitative estimate of drug-likeness (QED) is 0.615. The average molecular weight is 432 g/mol. The number of halogens is 1. The number of carbonyl (C=O) groups is 2. The number of ether oxygens (including phenoxy) is 3. The van der Waals surface area contributed by atoms with Gasteiger partial charge >= 0.3 is 12.1 Å². The second kappa shape index (κ2) is 9.85. The zero-order chi connectivity index (χ0) is 21.7. The van der Waals surface area contributed by atoms with Crippen molar-refractivity contribution < 1.29 is 23.8 Å². The van der Waals surface area contributed by atoms with Crippen LogP contribution in [0.4, 0.5) is 4.79 Å². The van der Waals surface area contributed by atoms with Crippen molar-refractivity contribution in [2.45, 2.75) is 32.9 Å². The van der Waals surface area contributed by atoms with E-state index in [1.165, 1.54) is 12.0 Å². The van der Waals surface area contributed by atoms with Crippen LogP contribution in [0, 0.1) is 5.92 Å². The zero-order valence-corrected chi connectivity index (χ0v) is 18.1. The number of benzene rings is 2. The lowest BCUT2D eigenvalue weighted by Gasteiger charge is -2.35. The largest absolute Gasteiger partial charge is 0.489 e. The molecule has 2 aromatic carbocycles. The maximum absolute atomic E-state index is 12.6. The van der Waals surface area contributed by atoms with Crippen LogP contribution in [0.5, 0.6) is 5.75 Å². The molecule has 0 aromatic heterocycles. The maximum Gasteiger partial charge on any atom is 0.410 e. The summed E-state index contributed by atoms with van der Waals surface area (Å²) < 4.78 is 16.2. The van der Waals surface area contributed by atoms with E-state index in [0.29, 0.717) is 37.0 Å². The van der Waals surface area contributed by atoms with Gasteiger partial charge in [0.1, 0.15) is 12.4 Å². The van der Waals surface area contributed by atoms with Crippen LogP contribution in [0.3, 0.4) is 0 Å². The third-order valence-corrected chi connectivity index (χ3v) is 5.26. The molecule has 1 unspecified atom stereocenters. The molecular weight excluding hydrogens is 406 g/mol. The minimum atomic E-state index is -0.837. The van der Waals surface area contributed by atoms with Gasteiger partial charge in [-0.25, -0.2) is 9.59 Å². The van der Waals surface area contributed by atoms with Gasteiger partial charge in [-0.1, -0.05) is 49.7 Å². The molecule has 7 heteroatoms. The van der Waals surface area contributed by atoms with E-state index in [9.17, 15) is 9.59 Å². The van der Waals surface area contributed by atoms with Crippen LogP contribution in [-0.4, -0.2) is 37.2 Å².